The van der Waals surface area contributed by atoms with Crippen molar-refractivity contribution in [1.82, 2.24) is 25.3 Å². The summed E-state index contributed by atoms with van der Waals surface area (Å²) in [7, 11) is 0. The van der Waals surface area contributed by atoms with Crippen LogP contribution in [0.25, 0.3) is 0 Å². The molecule has 3 N–H and O–H groups in total. The van der Waals surface area contributed by atoms with Gasteiger partial charge in [-0.1, -0.05) is 25.0 Å². The van der Waals surface area contributed by atoms with Crippen molar-refractivity contribution in [1.29, 1.82) is 0 Å². The number of aliphatic carboxylic acids is 1. The fraction of sp³-hybridized carbons (Fsp3) is 0.756. The second-order valence-electron chi connectivity index (χ2n) is 18.1. The van der Waals surface area contributed by atoms with Crippen LogP contribution >= 0.6 is 0 Å². The third-order valence-corrected chi connectivity index (χ3v) is 12.5. The van der Waals surface area contributed by atoms with Crippen molar-refractivity contribution in [2.45, 2.75) is 183 Å². The predicted octanol–water partition coefficient (Wildman–Crippen LogP) is 6.88. The lowest BCUT2D eigenvalue weighted by Gasteiger charge is -2.34. The van der Waals surface area contributed by atoms with Crippen LogP contribution < -0.4 is 16.2 Å². The maximum Gasteiger partial charge on any atom is 0.522 e. The second kappa shape index (κ2) is 18.3. The smallest absolute Gasteiger partial charge is 0.479 e. The monoisotopic (exact) mass is 875 g/mol. The van der Waals surface area contributed by atoms with Gasteiger partial charge in [-0.15, -0.1) is 26.3 Å². The number of rotatable bonds is 7. The minimum Gasteiger partial charge on any atom is -0.479 e. The van der Waals surface area contributed by atoms with Gasteiger partial charge in [0.05, 0.1) is 24.4 Å². The molecule has 20 heteroatoms. The van der Waals surface area contributed by atoms with E-state index in [1.165, 1.54) is 11.1 Å². The second-order valence-corrected chi connectivity index (χ2v) is 18.1. The number of hydrogen-bond donors (Lipinski definition) is 3. The number of alkyl carbamates (subject to hydrolysis) is 1. The van der Waals surface area contributed by atoms with Gasteiger partial charge < -0.3 is 25.4 Å². The quantitative estimate of drug-likeness (QED) is 0.193. The topological polar surface area (TPSA) is 178 Å². The van der Waals surface area contributed by atoms with Gasteiger partial charge in [0.1, 0.15) is 23.2 Å². The lowest BCUT2D eigenvalue weighted by Crippen LogP contribution is -2.56. The number of ether oxygens (including phenoxy) is 3. The molecule has 0 radical (unpaired) electrons. The molecule has 61 heavy (non-hydrogen) atoms. The molecule has 0 aromatic carbocycles. The molecule has 3 saturated carbocycles. The molecule has 5 aliphatic rings. The summed E-state index contributed by atoms with van der Waals surface area (Å²) in [5, 5.41) is 20.1. The summed E-state index contributed by atoms with van der Waals surface area (Å²) in [4.78, 5) is 70.4. The average Bonchev–Trinajstić information content (AvgIpc) is 3.67. The molecule has 1 aromatic heterocycles. The highest BCUT2D eigenvalue weighted by molar-refractivity contribution is 5.96. The predicted molar refractivity (Wildman–Crippen MR) is 204 cm³/mol. The molecule has 1 aromatic rings. The number of fused-ring (bicyclic) bond motifs is 2. The van der Waals surface area contributed by atoms with E-state index < -0.39 is 101 Å². The first-order valence-electron chi connectivity index (χ1n) is 21.2. The Bertz CT molecular complexity index is 1870. The van der Waals surface area contributed by atoms with Crippen LogP contribution in [0.15, 0.2) is 23.1 Å². The van der Waals surface area contributed by atoms with Crippen molar-refractivity contribution >= 4 is 23.9 Å². The number of carboxylic acid groups (broad SMARTS) is 1. The zero-order chi connectivity index (χ0) is 44.5. The number of nitrogens with zero attached hydrogens (tertiary/aromatic N) is 3. The molecule has 0 unspecified atom stereocenters. The van der Waals surface area contributed by atoms with E-state index in [1.54, 1.807) is 26.8 Å². The first-order chi connectivity index (χ1) is 28.5. The fourth-order valence-corrected chi connectivity index (χ4v) is 9.53. The van der Waals surface area contributed by atoms with Gasteiger partial charge in [0.15, 0.2) is 0 Å². The van der Waals surface area contributed by atoms with Crippen molar-refractivity contribution in [3.05, 3.63) is 39.8 Å². The largest absolute Gasteiger partial charge is 0.522 e. The van der Waals surface area contributed by atoms with E-state index in [0.29, 0.717) is 24.8 Å². The van der Waals surface area contributed by atoms with Gasteiger partial charge in [0.25, 0.3) is 5.56 Å². The summed E-state index contributed by atoms with van der Waals surface area (Å²) < 4.78 is 93.6. The number of hydrogen-bond acceptors (Lipinski definition) is 9. The van der Waals surface area contributed by atoms with E-state index >= 15 is 0 Å². The van der Waals surface area contributed by atoms with Crippen molar-refractivity contribution in [2.75, 3.05) is 6.54 Å². The Labute approximate surface area is 349 Å². The summed E-state index contributed by atoms with van der Waals surface area (Å²) in [6.45, 7) is 4.73. The molecule has 1 saturated heterocycles. The van der Waals surface area contributed by atoms with Gasteiger partial charge in [-0.25, -0.2) is 14.3 Å². The molecule has 3 amide bonds. The molecule has 0 bridgehead atoms. The van der Waals surface area contributed by atoms with E-state index in [1.807, 2.05) is 6.08 Å². The van der Waals surface area contributed by atoms with Gasteiger partial charge in [0, 0.05) is 24.4 Å². The highest BCUT2D eigenvalue weighted by Gasteiger charge is 2.61. The lowest BCUT2D eigenvalue weighted by atomic mass is 9.76. The average molecular weight is 876 g/mol. The van der Waals surface area contributed by atoms with Crippen LogP contribution in [-0.4, -0.2) is 98.4 Å². The highest BCUT2D eigenvalue weighted by atomic mass is 19.4. The summed E-state index contributed by atoms with van der Waals surface area (Å²) in [6, 6.07) is -3.40. The van der Waals surface area contributed by atoms with Crippen molar-refractivity contribution in [2.24, 2.45) is 5.92 Å². The molecule has 5 atom stereocenters. The first kappa shape index (κ1) is 46.3. The minimum atomic E-state index is -4.85. The van der Waals surface area contributed by atoms with Gasteiger partial charge in [-0.2, -0.15) is 5.10 Å². The Hall–Kier alpha value is -4.20. The Kier molecular flexibility index (Phi) is 13.9. The number of aromatic nitrogens is 2. The number of amides is 3. The Morgan fingerprint density at radius 2 is 1.48 bits per heavy atom. The zero-order valence-corrected chi connectivity index (χ0v) is 34.5. The third-order valence-electron chi connectivity index (χ3n) is 12.5. The lowest BCUT2D eigenvalue weighted by molar-refractivity contribution is -0.346. The maximum atomic E-state index is 14.8. The molecule has 0 spiro atoms. The van der Waals surface area contributed by atoms with Crippen LogP contribution in [0.2, 0.25) is 0 Å². The normalized spacial score (nSPS) is 32.4. The SMILES string of the molecule is CC(C)(C)OC(=O)N[C@H]1CCCCC/C=C\[C@@H]2C[C@@]2(C(=O)O)NC(=O)[C@@H]2C[C@@H](n3ncc(C4CCC(OC(F)(F)F)CC4)c(C4CCC(OC(F)(F)F)CC4)c3=O)CN2C1=O. The van der Waals surface area contributed by atoms with Crippen LogP contribution in [0, 0.1) is 5.92 Å². The third kappa shape index (κ3) is 11.6. The molecule has 340 valence electrons. The Morgan fingerprint density at radius 1 is 0.869 bits per heavy atom. The molecule has 2 aliphatic heterocycles. The number of halogens is 6. The minimum absolute atomic E-state index is 0.0148. The molecular weight excluding hydrogens is 820 g/mol. The Balaban J connectivity index is 1.34. The van der Waals surface area contributed by atoms with Crippen molar-refractivity contribution in [3.8, 4) is 0 Å². The first-order valence-corrected chi connectivity index (χ1v) is 21.2. The van der Waals surface area contributed by atoms with E-state index in [0.717, 1.165) is 11.1 Å². The van der Waals surface area contributed by atoms with E-state index in [-0.39, 0.29) is 82.7 Å². The fourth-order valence-electron chi connectivity index (χ4n) is 9.53. The van der Waals surface area contributed by atoms with E-state index in [2.05, 4.69) is 25.2 Å². The molecule has 4 fully saturated rings. The summed E-state index contributed by atoms with van der Waals surface area (Å²) in [5.41, 5.74) is -2.37. The van der Waals surface area contributed by atoms with Crippen LogP contribution in [0.3, 0.4) is 0 Å². The Morgan fingerprint density at radius 3 is 2.05 bits per heavy atom. The van der Waals surface area contributed by atoms with Crippen LogP contribution in [0.5, 0.6) is 0 Å². The number of carbonyl (C=O) groups is 4. The molecule has 3 aliphatic carbocycles. The van der Waals surface area contributed by atoms with E-state index in [9.17, 15) is 55.4 Å². The van der Waals surface area contributed by atoms with Gasteiger partial charge in [0.2, 0.25) is 11.8 Å². The summed E-state index contributed by atoms with van der Waals surface area (Å²) in [6.07, 6.45) is -4.12. The number of alkyl halides is 6. The zero-order valence-electron chi connectivity index (χ0n) is 34.5. The maximum absolute atomic E-state index is 14.8. The van der Waals surface area contributed by atoms with Crippen molar-refractivity contribution in [3.63, 3.8) is 0 Å². The number of carboxylic acids is 1. The number of nitrogens with one attached hydrogen (secondary N) is 2. The standard InChI is InChI=1S/C41H55F6N5O9/c1-38(2,3)61-37(58)49-30-10-8-6-4-5-7-9-25-20-39(25,36(56)57)50-33(53)31-19-26(22-51(31)34(30)54)52-35(55)32(24-13-17-28(18-14-24)60-41(45,46)47)29(21-48-52)23-11-15-27(16-12-23)59-40(42,43)44/h7,9,21,23-28,30-31H,4-6,8,10-20,22H2,1-3H3,(H,49,58)(H,50,53)(H,56,57)/b9-7-/t23?,24?,25-,26-,27?,28?,30+,31+,39-/m1/s1. The van der Waals surface area contributed by atoms with Crippen molar-refractivity contribution < 1.29 is 64.8 Å². The number of carbonyl (C=O) groups excluding carboxylic acids is 3. The van der Waals surface area contributed by atoms with Gasteiger partial charge >= 0.3 is 24.8 Å². The number of allylic oxidation sites excluding steroid dienone is 1. The highest BCUT2D eigenvalue weighted by Crippen LogP contribution is 2.46. The van der Waals surface area contributed by atoms with Gasteiger partial charge in [-0.3, -0.25) is 23.9 Å². The molecule has 3 heterocycles. The molecular formula is C41H55F6N5O9. The summed E-state index contributed by atoms with van der Waals surface area (Å²) >= 11 is 0. The molecule has 14 nitrogen and oxygen atoms in total. The van der Waals surface area contributed by atoms with Crippen LogP contribution in [-0.2, 0) is 28.6 Å². The molecule has 6 rings (SSSR count). The van der Waals surface area contributed by atoms with Gasteiger partial charge in [-0.05, 0) is 115 Å². The summed E-state index contributed by atoms with van der Waals surface area (Å²) in [5.74, 6) is -4.11. The van der Waals surface area contributed by atoms with Crippen LogP contribution in [0.1, 0.15) is 146 Å². The van der Waals surface area contributed by atoms with E-state index in [4.69, 9.17) is 4.74 Å². The van der Waals surface area contributed by atoms with Crippen LogP contribution in [0.4, 0.5) is 31.1 Å².